The van der Waals surface area contributed by atoms with Gasteiger partial charge in [-0.1, -0.05) is 13.8 Å². The molecule has 3 rings (SSSR count). The maximum Gasteiger partial charge on any atom is 0.180 e. The van der Waals surface area contributed by atoms with Gasteiger partial charge in [-0.25, -0.2) is 4.98 Å². The number of nitrogens with zero attached hydrogens (tertiary/aromatic N) is 4. The van der Waals surface area contributed by atoms with Crippen LogP contribution in [0.4, 0.5) is 0 Å². The van der Waals surface area contributed by atoms with E-state index in [-0.39, 0.29) is 0 Å². The normalized spacial score (nSPS) is 11.5. The summed E-state index contributed by atoms with van der Waals surface area (Å²) in [5, 5.41) is 8.36. The van der Waals surface area contributed by atoms with Crippen molar-refractivity contribution >= 4 is 19.1 Å². The number of aromatic nitrogens is 4. The third-order valence-corrected chi connectivity index (χ3v) is 2.95. The highest BCUT2D eigenvalue weighted by atomic mass is 16.3. The molecule has 0 radical (unpaired) electrons. The highest BCUT2D eigenvalue weighted by Crippen LogP contribution is 2.20. The van der Waals surface area contributed by atoms with Crippen molar-refractivity contribution in [2.45, 2.75) is 19.8 Å². The van der Waals surface area contributed by atoms with Crippen LogP contribution in [-0.4, -0.2) is 27.4 Å². The van der Waals surface area contributed by atoms with Crippen LogP contribution in [0.5, 0.6) is 0 Å². The largest absolute Gasteiger partial charge is 0.444 e. The lowest BCUT2D eigenvalue weighted by Crippen LogP contribution is -2.06. The van der Waals surface area contributed by atoms with Gasteiger partial charge in [-0.15, -0.1) is 10.2 Å². The molecule has 0 N–H and O–H groups in total. The minimum absolute atomic E-state index is 0.325. The average molecular weight is 240 g/mol. The zero-order valence-electron chi connectivity index (χ0n) is 10.6. The summed E-state index contributed by atoms with van der Waals surface area (Å²) < 4.78 is 7.41. The molecule has 3 aromatic heterocycles. The molecule has 0 atom stereocenters. The standard InChI is InChI=1S/C12H13BN4O/c1-7(2)12-16-15-9-4-3-8(5-17(9)12)10-11(13)14-6-18-10/h3-7H,13H2,1-2H3. The summed E-state index contributed by atoms with van der Waals surface area (Å²) >= 11 is 0. The minimum atomic E-state index is 0.325. The molecule has 0 aliphatic heterocycles. The molecule has 0 saturated carbocycles. The Balaban J connectivity index is 2.21. The first kappa shape index (κ1) is 11.0. The molecule has 3 aromatic rings. The van der Waals surface area contributed by atoms with Crippen molar-refractivity contribution in [2.75, 3.05) is 0 Å². The van der Waals surface area contributed by atoms with Crippen LogP contribution in [-0.2, 0) is 0 Å². The van der Waals surface area contributed by atoms with Crippen LogP contribution >= 0.6 is 0 Å². The third-order valence-electron chi connectivity index (χ3n) is 2.95. The van der Waals surface area contributed by atoms with Crippen LogP contribution < -0.4 is 5.59 Å². The van der Waals surface area contributed by atoms with E-state index in [0.29, 0.717) is 5.92 Å². The summed E-state index contributed by atoms with van der Waals surface area (Å²) in [6.07, 6.45) is 3.46. The Hall–Kier alpha value is -2.11. The van der Waals surface area contributed by atoms with Gasteiger partial charge in [0.05, 0.1) is 0 Å². The fourth-order valence-corrected chi connectivity index (χ4v) is 2.02. The van der Waals surface area contributed by atoms with E-state index >= 15 is 0 Å². The van der Waals surface area contributed by atoms with Crippen LogP contribution in [0, 0.1) is 0 Å². The van der Waals surface area contributed by atoms with Crippen LogP contribution in [0.2, 0.25) is 0 Å². The van der Waals surface area contributed by atoms with Crippen molar-refractivity contribution in [3.05, 3.63) is 30.5 Å². The predicted molar refractivity (Wildman–Crippen MR) is 70.8 cm³/mol. The van der Waals surface area contributed by atoms with Gasteiger partial charge in [0.25, 0.3) is 0 Å². The molecule has 0 spiro atoms. The monoisotopic (exact) mass is 240 g/mol. The van der Waals surface area contributed by atoms with Gasteiger partial charge in [0, 0.05) is 23.3 Å². The van der Waals surface area contributed by atoms with Crippen LogP contribution in [0.25, 0.3) is 17.0 Å². The van der Waals surface area contributed by atoms with Gasteiger partial charge < -0.3 is 4.42 Å². The van der Waals surface area contributed by atoms with Crippen LogP contribution in [0.15, 0.2) is 29.1 Å². The molecule has 0 aliphatic carbocycles. The number of rotatable bonds is 2. The van der Waals surface area contributed by atoms with Crippen molar-refractivity contribution in [1.82, 2.24) is 19.6 Å². The summed E-state index contributed by atoms with van der Waals surface area (Å²) in [7, 11) is 1.93. The van der Waals surface area contributed by atoms with Crippen molar-refractivity contribution in [2.24, 2.45) is 0 Å². The second kappa shape index (κ2) is 3.98. The van der Waals surface area contributed by atoms with Crippen molar-refractivity contribution in [3.8, 4) is 11.3 Å². The Morgan fingerprint density at radius 2 is 2.11 bits per heavy atom. The van der Waals surface area contributed by atoms with Gasteiger partial charge in [-0.05, 0) is 12.1 Å². The Kier molecular flexibility index (Phi) is 2.43. The Morgan fingerprint density at radius 3 is 2.78 bits per heavy atom. The van der Waals surface area contributed by atoms with E-state index in [4.69, 9.17) is 4.42 Å². The van der Waals surface area contributed by atoms with E-state index in [2.05, 4.69) is 29.0 Å². The first-order valence-corrected chi connectivity index (χ1v) is 5.92. The molecule has 0 aliphatic rings. The van der Waals surface area contributed by atoms with Gasteiger partial charge >= 0.3 is 0 Å². The first-order chi connectivity index (χ1) is 8.66. The molecule has 90 valence electrons. The quantitative estimate of drug-likeness (QED) is 0.620. The van der Waals surface area contributed by atoms with E-state index in [1.165, 1.54) is 6.39 Å². The smallest absolute Gasteiger partial charge is 0.180 e. The fourth-order valence-electron chi connectivity index (χ4n) is 2.02. The highest BCUT2D eigenvalue weighted by Gasteiger charge is 2.12. The zero-order valence-corrected chi connectivity index (χ0v) is 10.6. The highest BCUT2D eigenvalue weighted by molar-refractivity contribution is 6.33. The molecular formula is C12H13BN4O. The summed E-state index contributed by atoms with van der Waals surface area (Å²) in [5.41, 5.74) is 2.72. The van der Waals surface area contributed by atoms with Crippen molar-refractivity contribution < 1.29 is 4.42 Å². The lowest BCUT2D eigenvalue weighted by molar-refractivity contribution is 0.572. The number of oxazole rings is 1. The second-order valence-corrected chi connectivity index (χ2v) is 4.63. The summed E-state index contributed by atoms with van der Waals surface area (Å²) in [4.78, 5) is 4.11. The average Bonchev–Trinajstić information content (AvgIpc) is 2.93. The van der Waals surface area contributed by atoms with E-state index < -0.39 is 0 Å². The van der Waals surface area contributed by atoms with Crippen LogP contribution in [0.3, 0.4) is 0 Å². The molecule has 0 saturated heterocycles. The zero-order chi connectivity index (χ0) is 12.7. The molecule has 18 heavy (non-hydrogen) atoms. The number of pyridine rings is 1. The lowest BCUT2D eigenvalue weighted by atomic mass is 10.00. The molecular weight excluding hydrogens is 227 g/mol. The maximum absolute atomic E-state index is 5.41. The first-order valence-electron chi connectivity index (χ1n) is 5.92. The van der Waals surface area contributed by atoms with Gasteiger partial charge in [0.1, 0.15) is 11.6 Å². The second-order valence-electron chi connectivity index (χ2n) is 4.63. The van der Waals surface area contributed by atoms with Gasteiger partial charge in [-0.2, -0.15) is 0 Å². The SMILES string of the molecule is Bc1ncoc1-c1ccc2nnc(C(C)C)n2c1. The lowest BCUT2D eigenvalue weighted by Gasteiger charge is -2.04. The van der Waals surface area contributed by atoms with Crippen LogP contribution in [0.1, 0.15) is 25.6 Å². The van der Waals surface area contributed by atoms with E-state index in [1.54, 1.807) is 0 Å². The van der Waals surface area contributed by atoms with Crippen molar-refractivity contribution in [1.29, 1.82) is 0 Å². The Labute approximate surface area is 105 Å². The summed E-state index contributed by atoms with van der Waals surface area (Å²) in [6, 6.07) is 3.91. The van der Waals surface area contributed by atoms with E-state index in [0.717, 1.165) is 28.4 Å². The van der Waals surface area contributed by atoms with Crippen molar-refractivity contribution in [3.63, 3.8) is 0 Å². The number of hydrogen-bond acceptors (Lipinski definition) is 4. The molecule has 0 unspecified atom stereocenters. The minimum Gasteiger partial charge on any atom is -0.444 e. The molecule has 0 aromatic carbocycles. The molecule has 0 fully saturated rings. The van der Waals surface area contributed by atoms with Gasteiger partial charge in [0.2, 0.25) is 0 Å². The van der Waals surface area contributed by atoms with E-state index in [1.807, 2.05) is 30.6 Å². The fraction of sp³-hybridized carbons (Fsp3) is 0.250. The predicted octanol–water partition coefficient (Wildman–Crippen LogP) is 0.766. The summed E-state index contributed by atoms with van der Waals surface area (Å²) in [5.74, 6) is 2.07. The van der Waals surface area contributed by atoms with Gasteiger partial charge in [-0.3, -0.25) is 4.40 Å². The Morgan fingerprint density at radius 1 is 1.28 bits per heavy atom. The topological polar surface area (TPSA) is 56.2 Å². The maximum atomic E-state index is 5.41. The Bertz CT molecular complexity index is 701. The number of hydrogen-bond donors (Lipinski definition) is 0. The number of fused-ring (bicyclic) bond motifs is 1. The summed E-state index contributed by atoms with van der Waals surface area (Å²) in [6.45, 7) is 4.20. The van der Waals surface area contributed by atoms with E-state index in [9.17, 15) is 0 Å². The molecule has 6 heteroatoms. The third kappa shape index (κ3) is 1.61. The molecule has 0 amide bonds. The molecule has 0 bridgehead atoms. The van der Waals surface area contributed by atoms with Gasteiger partial charge in [0.15, 0.2) is 19.9 Å². The molecule has 3 heterocycles. The molecule has 5 nitrogen and oxygen atoms in total.